The van der Waals surface area contributed by atoms with E-state index < -0.39 is 6.04 Å². The molecule has 0 spiro atoms. The van der Waals surface area contributed by atoms with Crippen molar-refractivity contribution in [3.63, 3.8) is 0 Å². The van der Waals surface area contributed by atoms with Crippen molar-refractivity contribution in [1.82, 2.24) is 15.0 Å². The number of aromatic nitrogens is 1. The molecule has 0 saturated carbocycles. The quantitative estimate of drug-likeness (QED) is 0.711. The van der Waals surface area contributed by atoms with E-state index in [4.69, 9.17) is 20.9 Å². The number of piperazine rings is 1. The van der Waals surface area contributed by atoms with Gasteiger partial charge in [-0.05, 0) is 25.5 Å². The maximum Gasteiger partial charge on any atom is 0.327 e. The lowest BCUT2D eigenvalue weighted by Crippen LogP contribution is -2.51. The molecule has 1 atom stereocenters. The third-order valence-electron chi connectivity index (χ3n) is 5.17. The van der Waals surface area contributed by atoms with E-state index in [2.05, 4.69) is 5.16 Å². The summed E-state index contributed by atoms with van der Waals surface area (Å²) in [7, 11) is 1.37. The molecule has 28 heavy (non-hydrogen) atoms. The van der Waals surface area contributed by atoms with Crippen molar-refractivity contribution in [3.05, 3.63) is 51.9 Å². The second-order valence-corrected chi connectivity index (χ2v) is 7.25. The van der Waals surface area contributed by atoms with Gasteiger partial charge in [0, 0.05) is 36.8 Å². The number of methoxy groups -OCH3 is 1. The number of aryl methyl sites for hydroxylation is 2. The second-order valence-electron chi connectivity index (χ2n) is 6.84. The fraction of sp³-hybridized carbons (Fsp3) is 0.450. The molecule has 1 unspecified atom stereocenters. The van der Waals surface area contributed by atoms with Crippen LogP contribution in [0.2, 0.25) is 5.02 Å². The summed E-state index contributed by atoms with van der Waals surface area (Å²) in [6, 6.07) is 6.68. The lowest BCUT2D eigenvalue weighted by molar-refractivity contribution is -0.148. The smallest absolute Gasteiger partial charge is 0.327 e. The summed E-state index contributed by atoms with van der Waals surface area (Å²) >= 11 is 6.31. The highest BCUT2D eigenvalue weighted by atomic mass is 35.5. The van der Waals surface area contributed by atoms with Gasteiger partial charge in [-0.1, -0.05) is 35.0 Å². The van der Waals surface area contributed by atoms with E-state index in [1.54, 1.807) is 6.07 Å². The Morgan fingerprint density at radius 2 is 1.89 bits per heavy atom. The zero-order chi connectivity index (χ0) is 20.3. The number of esters is 1. The standard InChI is InChI=1S/C20H24ClN3O4/c1-13-16(14(2)28-22-13)12-18(25)23-8-10-24(11-9-23)19(20(26)27-3)15-6-4-5-7-17(15)21/h4-7,19H,8-12H2,1-3H3. The highest BCUT2D eigenvalue weighted by molar-refractivity contribution is 6.31. The minimum atomic E-state index is -0.585. The Bertz CT molecular complexity index is 839. The topological polar surface area (TPSA) is 75.9 Å². The van der Waals surface area contributed by atoms with Crippen LogP contribution in [-0.4, -0.2) is 60.1 Å². The predicted molar refractivity (Wildman–Crippen MR) is 104 cm³/mol. The van der Waals surface area contributed by atoms with Crippen LogP contribution in [0.5, 0.6) is 0 Å². The molecule has 1 aromatic heterocycles. The zero-order valence-electron chi connectivity index (χ0n) is 16.3. The first kappa shape index (κ1) is 20.4. The number of hydrogen-bond donors (Lipinski definition) is 0. The molecule has 1 fully saturated rings. The maximum atomic E-state index is 12.7. The zero-order valence-corrected chi connectivity index (χ0v) is 17.0. The largest absolute Gasteiger partial charge is 0.468 e. The van der Waals surface area contributed by atoms with Gasteiger partial charge in [-0.25, -0.2) is 4.79 Å². The predicted octanol–water partition coefficient (Wildman–Crippen LogP) is 2.55. The van der Waals surface area contributed by atoms with Crippen LogP contribution in [0.15, 0.2) is 28.8 Å². The Hall–Kier alpha value is -2.38. The van der Waals surface area contributed by atoms with Gasteiger partial charge in [-0.15, -0.1) is 0 Å². The molecular weight excluding hydrogens is 382 g/mol. The van der Waals surface area contributed by atoms with Gasteiger partial charge in [0.1, 0.15) is 11.8 Å². The molecule has 8 heteroatoms. The molecule has 0 N–H and O–H groups in total. The number of carbonyl (C=O) groups is 2. The van der Waals surface area contributed by atoms with Gasteiger partial charge in [0.05, 0.1) is 19.2 Å². The Balaban J connectivity index is 1.68. The highest BCUT2D eigenvalue weighted by Gasteiger charge is 2.33. The maximum absolute atomic E-state index is 12.7. The molecule has 1 aliphatic heterocycles. The van der Waals surface area contributed by atoms with Crippen molar-refractivity contribution in [3.8, 4) is 0 Å². The normalized spacial score (nSPS) is 16.1. The molecule has 1 aliphatic rings. The average Bonchev–Trinajstić information content (AvgIpc) is 3.02. The molecule has 3 rings (SSSR count). The molecule has 1 aromatic carbocycles. The minimum absolute atomic E-state index is 0.0291. The van der Waals surface area contributed by atoms with Gasteiger partial charge in [-0.3, -0.25) is 9.69 Å². The van der Waals surface area contributed by atoms with Gasteiger partial charge in [0.25, 0.3) is 0 Å². The Morgan fingerprint density at radius 1 is 1.21 bits per heavy atom. The molecule has 1 amide bonds. The Morgan fingerprint density at radius 3 is 2.46 bits per heavy atom. The number of rotatable bonds is 5. The summed E-state index contributed by atoms with van der Waals surface area (Å²) in [5.74, 6) is 0.346. The lowest BCUT2D eigenvalue weighted by atomic mass is 10.0. The van der Waals surface area contributed by atoms with E-state index in [0.29, 0.717) is 42.5 Å². The van der Waals surface area contributed by atoms with Gasteiger partial charge >= 0.3 is 5.97 Å². The van der Waals surface area contributed by atoms with Crippen LogP contribution in [0.3, 0.4) is 0 Å². The van der Waals surface area contributed by atoms with Crippen LogP contribution >= 0.6 is 11.6 Å². The molecule has 2 aromatic rings. The van der Waals surface area contributed by atoms with Crippen molar-refractivity contribution in [2.75, 3.05) is 33.3 Å². The molecule has 7 nitrogen and oxygen atoms in total. The number of carbonyl (C=O) groups excluding carboxylic acids is 2. The van der Waals surface area contributed by atoms with Crippen LogP contribution in [0.25, 0.3) is 0 Å². The summed E-state index contributed by atoms with van der Waals surface area (Å²) in [6.07, 6.45) is 0.270. The van der Waals surface area contributed by atoms with Crippen molar-refractivity contribution >= 4 is 23.5 Å². The van der Waals surface area contributed by atoms with Crippen molar-refractivity contribution in [2.45, 2.75) is 26.3 Å². The fourth-order valence-electron chi connectivity index (χ4n) is 3.53. The average molecular weight is 406 g/mol. The first-order valence-electron chi connectivity index (χ1n) is 9.18. The van der Waals surface area contributed by atoms with Crippen molar-refractivity contribution in [1.29, 1.82) is 0 Å². The molecule has 2 heterocycles. The molecule has 150 valence electrons. The summed E-state index contributed by atoms with van der Waals surface area (Å²) in [4.78, 5) is 28.9. The van der Waals surface area contributed by atoms with Crippen LogP contribution in [0.1, 0.15) is 28.6 Å². The molecular formula is C20H24ClN3O4. The fourth-order valence-corrected chi connectivity index (χ4v) is 3.77. The van der Waals surface area contributed by atoms with E-state index in [0.717, 1.165) is 11.3 Å². The van der Waals surface area contributed by atoms with E-state index in [9.17, 15) is 9.59 Å². The van der Waals surface area contributed by atoms with Gasteiger partial charge in [0.15, 0.2) is 0 Å². The monoisotopic (exact) mass is 405 g/mol. The van der Waals surface area contributed by atoms with E-state index >= 15 is 0 Å². The Kier molecular flexibility index (Phi) is 6.36. The second kappa shape index (κ2) is 8.75. The van der Waals surface area contributed by atoms with Crippen LogP contribution in [-0.2, 0) is 20.7 Å². The number of ether oxygens (including phenoxy) is 1. The molecule has 0 bridgehead atoms. The summed E-state index contributed by atoms with van der Waals surface area (Å²) < 4.78 is 10.1. The van der Waals surface area contributed by atoms with Gasteiger partial charge < -0.3 is 14.2 Å². The SMILES string of the molecule is COC(=O)C(c1ccccc1Cl)N1CCN(C(=O)Cc2c(C)noc2C)CC1. The van der Waals surface area contributed by atoms with Gasteiger partial charge in [0.2, 0.25) is 5.91 Å². The number of amides is 1. The third-order valence-corrected chi connectivity index (χ3v) is 5.51. The molecule has 1 saturated heterocycles. The van der Waals surface area contributed by atoms with Crippen LogP contribution in [0.4, 0.5) is 0 Å². The Labute approximate surface area is 169 Å². The third kappa shape index (κ3) is 4.20. The number of nitrogens with zero attached hydrogens (tertiary/aromatic N) is 3. The van der Waals surface area contributed by atoms with Crippen LogP contribution < -0.4 is 0 Å². The number of benzene rings is 1. The first-order chi connectivity index (χ1) is 13.4. The first-order valence-corrected chi connectivity index (χ1v) is 9.56. The van der Waals surface area contributed by atoms with Gasteiger partial charge in [-0.2, -0.15) is 0 Å². The van der Waals surface area contributed by atoms with E-state index in [1.807, 2.05) is 41.8 Å². The van der Waals surface area contributed by atoms with E-state index in [1.165, 1.54) is 7.11 Å². The van der Waals surface area contributed by atoms with Crippen LogP contribution in [0, 0.1) is 13.8 Å². The number of hydrogen-bond acceptors (Lipinski definition) is 6. The summed E-state index contributed by atoms with van der Waals surface area (Å²) in [5.41, 5.74) is 2.30. The highest BCUT2D eigenvalue weighted by Crippen LogP contribution is 2.29. The number of halogens is 1. The lowest BCUT2D eigenvalue weighted by Gasteiger charge is -2.38. The van der Waals surface area contributed by atoms with Crippen molar-refractivity contribution in [2.24, 2.45) is 0 Å². The van der Waals surface area contributed by atoms with E-state index in [-0.39, 0.29) is 18.3 Å². The van der Waals surface area contributed by atoms with Crippen molar-refractivity contribution < 1.29 is 18.8 Å². The summed E-state index contributed by atoms with van der Waals surface area (Å²) in [6.45, 7) is 5.81. The molecule has 0 radical (unpaired) electrons. The molecule has 0 aliphatic carbocycles. The minimum Gasteiger partial charge on any atom is -0.468 e. The summed E-state index contributed by atoms with van der Waals surface area (Å²) in [5, 5.41) is 4.43.